The Morgan fingerprint density at radius 2 is 1.37 bits per heavy atom. The van der Waals surface area contributed by atoms with Gasteiger partial charge in [0, 0.05) is 24.5 Å². The molecule has 1 aliphatic rings. The van der Waals surface area contributed by atoms with Gasteiger partial charge in [0.2, 0.25) is 0 Å². The van der Waals surface area contributed by atoms with Gasteiger partial charge >= 0.3 is 99.8 Å². The van der Waals surface area contributed by atoms with E-state index in [2.05, 4.69) is 92.6 Å². The predicted molar refractivity (Wildman–Crippen MR) is 160 cm³/mol. The van der Waals surface area contributed by atoms with E-state index in [0.29, 0.717) is 0 Å². The van der Waals surface area contributed by atoms with Gasteiger partial charge in [0.1, 0.15) is 0 Å². The van der Waals surface area contributed by atoms with E-state index in [1.165, 1.54) is 58.0 Å². The zero-order chi connectivity index (χ0) is 27.8. The van der Waals surface area contributed by atoms with Crippen LogP contribution in [0.15, 0.2) is 53.5 Å². The molecule has 0 unspecified atom stereocenters. The average molecular weight is 617 g/mol. The van der Waals surface area contributed by atoms with Gasteiger partial charge in [0.05, 0.1) is 0 Å². The minimum Gasteiger partial charge on any atom is -0.502 e. The van der Waals surface area contributed by atoms with Gasteiger partial charge in [0.15, 0.2) is 0 Å². The maximum atomic E-state index is 10.9. The van der Waals surface area contributed by atoms with E-state index < -0.39 is 0 Å². The summed E-state index contributed by atoms with van der Waals surface area (Å²) in [5, 5.41) is 3.46. The molecule has 0 aliphatic carbocycles. The van der Waals surface area contributed by atoms with Crippen LogP contribution in [0.2, 0.25) is 0 Å². The number of anilines is 2. The molecule has 7 heteroatoms. The van der Waals surface area contributed by atoms with E-state index in [-0.39, 0.29) is 21.6 Å². The number of hydrogen-bond acceptors (Lipinski definition) is 4. The van der Waals surface area contributed by atoms with E-state index in [1.54, 1.807) is 0 Å². The van der Waals surface area contributed by atoms with Crippen molar-refractivity contribution in [1.82, 2.24) is 0 Å². The third-order valence-corrected chi connectivity index (χ3v) is 7.51. The Balaban J connectivity index is 0.000000232. The van der Waals surface area contributed by atoms with Crippen molar-refractivity contribution in [3.8, 4) is 0 Å². The summed E-state index contributed by atoms with van der Waals surface area (Å²) in [6.07, 6.45) is 1.21. The average Bonchev–Trinajstić information content (AvgIpc) is 3.31. The third kappa shape index (κ3) is 7.61. The number of para-hydroxylation sites is 1. The second-order valence-corrected chi connectivity index (χ2v) is 11.3. The summed E-state index contributed by atoms with van der Waals surface area (Å²) in [4.78, 5) is 19.8. The van der Waals surface area contributed by atoms with Crippen molar-refractivity contribution in [2.75, 3.05) is 29.9 Å². The molecule has 5 nitrogen and oxygen atoms in total. The zero-order valence-corrected chi connectivity index (χ0v) is 25.7. The summed E-state index contributed by atoms with van der Waals surface area (Å²) in [5.74, 6) is -0.344. The second kappa shape index (κ2) is 13.8. The Kier molecular flexibility index (Phi) is 10.8. The first kappa shape index (κ1) is 29.7. The van der Waals surface area contributed by atoms with Gasteiger partial charge in [-0.05, 0) is 63.8 Å². The standard InChI is InChI=1S/C21H27N2.C10H10N2O.ClH.Ru/c1-14-9-16(3)20(17(4)10-14)22-7-8-23(13-22)21-18(5)11-15(2)12-19(21)6;1-8-5-3-4-6-9(8)12-7-10(13)11-2;;/h9-13H,7-8H2,1-6H3;1,3-7H,2H3,(H,11,13);1H;/q-1;;;+1/p-2. The summed E-state index contributed by atoms with van der Waals surface area (Å²) < 4.78 is 1.93. The topological polar surface area (TPSA) is 50.0 Å². The number of aryl methyl sites for hydroxylation is 6. The number of halogens is 1. The van der Waals surface area contributed by atoms with E-state index in [4.69, 9.17) is 9.69 Å². The van der Waals surface area contributed by atoms with Gasteiger partial charge in [-0.3, -0.25) is 0 Å². The van der Waals surface area contributed by atoms with Gasteiger partial charge in [-0.25, -0.2) is 0 Å². The second-order valence-electron chi connectivity index (χ2n) is 9.55. The number of aliphatic imine (C=N–C) groups is 1. The number of amides is 1. The molecule has 38 heavy (non-hydrogen) atoms. The van der Waals surface area contributed by atoms with Gasteiger partial charge in [-0.15, -0.1) is 0 Å². The molecule has 3 aromatic rings. The van der Waals surface area contributed by atoms with E-state index in [0.717, 1.165) is 24.3 Å². The predicted octanol–water partition coefficient (Wildman–Crippen LogP) is 7.29. The summed E-state index contributed by atoms with van der Waals surface area (Å²) in [7, 11) is 7.14. The van der Waals surface area contributed by atoms with Gasteiger partial charge in [-0.2, -0.15) is 6.67 Å². The van der Waals surface area contributed by atoms with Crippen molar-refractivity contribution in [2.45, 2.75) is 41.5 Å². The SMILES string of the molecule is C[N-]C(=O)C=Nc1ccccc1[CH]=[Ru][Cl].Cc1cc(C)c(N2[CH-]N(c3c(C)cc(C)cc3C)CC2)c(C)c1. The first-order valence-electron chi connectivity index (χ1n) is 12.5. The minimum atomic E-state index is -0.344. The molecule has 1 fully saturated rings. The van der Waals surface area contributed by atoms with Crippen molar-refractivity contribution >= 4 is 43.5 Å². The van der Waals surface area contributed by atoms with Crippen LogP contribution >= 0.6 is 9.69 Å². The molecule has 0 spiro atoms. The van der Waals surface area contributed by atoms with Crippen molar-refractivity contribution < 1.29 is 20.5 Å². The quantitative estimate of drug-likeness (QED) is 0.172. The van der Waals surface area contributed by atoms with E-state index in [1.807, 2.05) is 28.9 Å². The summed E-state index contributed by atoms with van der Waals surface area (Å²) >= 11 is -0.296. The fraction of sp³-hybridized carbons (Fsp3) is 0.290. The first-order chi connectivity index (χ1) is 18.1. The Hall–Kier alpha value is -2.82. The zero-order valence-electron chi connectivity index (χ0n) is 23.2. The maximum Gasteiger partial charge on any atom is 0.0146 e. The van der Waals surface area contributed by atoms with Crippen LogP contribution in [0.5, 0.6) is 0 Å². The molecule has 0 bridgehead atoms. The van der Waals surface area contributed by atoms with Crippen molar-refractivity contribution in [3.05, 3.63) is 99.5 Å². The van der Waals surface area contributed by atoms with Gasteiger partial charge in [-0.1, -0.05) is 35.4 Å². The van der Waals surface area contributed by atoms with Crippen molar-refractivity contribution in [1.29, 1.82) is 0 Å². The molecule has 1 heterocycles. The largest absolute Gasteiger partial charge is 0.502 e. The minimum absolute atomic E-state index is 0.296. The Labute approximate surface area is 239 Å². The first-order valence-corrected chi connectivity index (χ1v) is 15.7. The van der Waals surface area contributed by atoms with Crippen molar-refractivity contribution in [3.63, 3.8) is 0 Å². The molecule has 0 saturated carbocycles. The normalized spacial score (nSPS) is 13.5. The molecular weight excluding hydrogens is 581 g/mol. The van der Waals surface area contributed by atoms with Crippen LogP contribution in [0.1, 0.15) is 38.9 Å². The molecule has 1 amide bonds. The Morgan fingerprint density at radius 3 is 1.82 bits per heavy atom. The van der Waals surface area contributed by atoms with Crippen LogP contribution in [0.3, 0.4) is 0 Å². The molecule has 3 aromatic carbocycles. The number of benzene rings is 3. The van der Waals surface area contributed by atoms with Gasteiger partial charge in [0.25, 0.3) is 0 Å². The van der Waals surface area contributed by atoms with Crippen LogP contribution in [0.25, 0.3) is 5.32 Å². The van der Waals surface area contributed by atoms with Gasteiger partial charge < -0.3 is 9.80 Å². The summed E-state index contributed by atoms with van der Waals surface area (Å²) in [6.45, 7) is 17.6. The fourth-order valence-corrected chi connectivity index (χ4v) is 6.12. The number of rotatable bonds is 5. The van der Waals surface area contributed by atoms with Crippen molar-refractivity contribution in [2.24, 2.45) is 4.99 Å². The van der Waals surface area contributed by atoms with Crippen LogP contribution in [-0.2, 0) is 20.5 Å². The number of hydrogen-bond donors (Lipinski definition) is 0. The Bertz CT molecular complexity index is 1240. The number of carbonyl (C=O) groups excluding carboxylic acids is 1. The number of nitrogens with zero attached hydrogens (tertiary/aromatic N) is 4. The monoisotopic (exact) mass is 617 g/mol. The maximum absolute atomic E-state index is 10.9. The molecular formula is C31H36ClN4ORu-2. The molecule has 0 atom stereocenters. The fourth-order valence-electron chi connectivity index (χ4n) is 5.00. The number of carbonyl (C=O) groups is 1. The third-order valence-electron chi connectivity index (χ3n) is 6.33. The van der Waals surface area contributed by atoms with E-state index >= 15 is 0 Å². The molecule has 0 radical (unpaired) electrons. The molecule has 203 valence electrons. The molecule has 1 saturated heterocycles. The molecule has 4 rings (SSSR count). The van der Waals surface area contributed by atoms with Crippen LogP contribution in [0.4, 0.5) is 17.1 Å². The Morgan fingerprint density at radius 1 is 0.895 bits per heavy atom. The molecule has 1 aliphatic heterocycles. The van der Waals surface area contributed by atoms with Crippen LogP contribution in [0, 0.1) is 48.2 Å². The summed E-state index contributed by atoms with van der Waals surface area (Å²) in [6, 6.07) is 16.6. The molecule has 0 aromatic heterocycles. The molecule has 0 N–H and O–H groups in total. The van der Waals surface area contributed by atoms with Crippen LogP contribution in [-0.4, -0.2) is 36.9 Å². The summed E-state index contributed by atoms with van der Waals surface area (Å²) in [5.41, 5.74) is 12.5. The van der Waals surface area contributed by atoms with Crippen LogP contribution < -0.4 is 9.80 Å². The van der Waals surface area contributed by atoms with E-state index in [9.17, 15) is 4.79 Å². The smallest absolute Gasteiger partial charge is 0.0146 e.